The fourth-order valence-electron chi connectivity index (χ4n) is 2.94. The molecule has 0 fully saturated rings. The molecule has 1 N–H and O–H groups in total. The van der Waals surface area contributed by atoms with Crippen LogP contribution in [0.3, 0.4) is 0 Å². The van der Waals surface area contributed by atoms with Gasteiger partial charge < -0.3 is 5.11 Å². The van der Waals surface area contributed by atoms with Crippen molar-refractivity contribution in [3.05, 3.63) is 70.9 Å². The van der Waals surface area contributed by atoms with Gasteiger partial charge in [-0.25, -0.2) is 9.48 Å². The molecule has 122 valence electrons. The van der Waals surface area contributed by atoms with Gasteiger partial charge in [-0.05, 0) is 31.9 Å². The lowest BCUT2D eigenvalue weighted by atomic mass is 10.0. The molecule has 1 heterocycles. The van der Waals surface area contributed by atoms with E-state index in [-0.39, 0.29) is 5.69 Å². The third kappa shape index (κ3) is 2.71. The van der Waals surface area contributed by atoms with E-state index in [2.05, 4.69) is 5.10 Å². The van der Waals surface area contributed by atoms with E-state index in [9.17, 15) is 9.90 Å². The van der Waals surface area contributed by atoms with Gasteiger partial charge in [-0.1, -0.05) is 55.0 Å². The molecule has 3 rings (SSSR count). The van der Waals surface area contributed by atoms with Crippen LogP contribution in [-0.2, 0) is 6.42 Å². The second-order valence-corrected chi connectivity index (χ2v) is 5.90. The molecule has 24 heavy (non-hydrogen) atoms. The zero-order valence-corrected chi connectivity index (χ0v) is 14.1. The van der Waals surface area contributed by atoms with Crippen molar-refractivity contribution in [1.29, 1.82) is 0 Å². The first-order valence-electron chi connectivity index (χ1n) is 8.01. The van der Waals surface area contributed by atoms with Gasteiger partial charge in [0.2, 0.25) is 0 Å². The summed E-state index contributed by atoms with van der Waals surface area (Å²) in [5.41, 5.74) is 5.82. The van der Waals surface area contributed by atoms with E-state index in [1.807, 2.05) is 69.3 Å². The number of carboxylic acids is 1. The van der Waals surface area contributed by atoms with E-state index < -0.39 is 5.97 Å². The Kier molecular flexibility index (Phi) is 4.21. The summed E-state index contributed by atoms with van der Waals surface area (Å²) in [6, 6.07) is 16.0. The lowest BCUT2D eigenvalue weighted by Crippen LogP contribution is -2.03. The van der Waals surface area contributed by atoms with Gasteiger partial charge in [0.15, 0.2) is 5.69 Å². The van der Waals surface area contributed by atoms with Crippen molar-refractivity contribution in [3.63, 3.8) is 0 Å². The number of aromatic carboxylic acids is 1. The fourth-order valence-corrected chi connectivity index (χ4v) is 2.94. The van der Waals surface area contributed by atoms with Gasteiger partial charge in [0, 0.05) is 11.1 Å². The number of aromatic nitrogens is 2. The lowest BCUT2D eigenvalue weighted by molar-refractivity contribution is 0.0689. The van der Waals surface area contributed by atoms with Crippen LogP contribution in [0, 0.1) is 13.8 Å². The molecule has 4 nitrogen and oxygen atoms in total. The molecule has 0 aliphatic carbocycles. The Hall–Kier alpha value is -2.88. The van der Waals surface area contributed by atoms with Crippen molar-refractivity contribution in [3.8, 4) is 16.9 Å². The summed E-state index contributed by atoms with van der Waals surface area (Å²) < 4.78 is 1.77. The van der Waals surface area contributed by atoms with Crippen molar-refractivity contribution in [1.82, 2.24) is 9.78 Å². The van der Waals surface area contributed by atoms with E-state index in [0.717, 1.165) is 33.6 Å². The minimum atomic E-state index is -0.993. The van der Waals surface area contributed by atoms with Crippen LogP contribution in [0.25, 0.3) is 16.9 Å². The average molecular weight is 320 g/mol. The molecule has 0 saturated carbocycles. The van der Waals surface area contributed by atoms with Gasteiger partial charge in [-0.15, -0.1) is 0 Å². The number of hydrogen-bond acceptors (Lipinski definition) is 2. The standard InChI is InChI=1S/C20H20N2O2/c1-4-16-18(20(23)24)21-22(17-8-6-5-7-14(17)3)19(16)15-11-9-13(2)10-12-15/h5-12H,4H2,1-3H3,(H,23,24). The summed E-state index contributed by atoms with van der Waals surface area (Å²) in [7, 11) is 0. The fraction of sp³-hybridized carbons (Fsp3) is 0.200. The molecule has 0 atom stereocenters. The van der Waals surface area contributed by atoms with Crippen LogP contribution in [-0.4, -0.2) is 20.9 Å². The van der Waals surface area contributed by atoms with E-state index >= 15 is 0 Å². The van der Waals surface area contributed by atoms with Crippen LogP contribution in [0.5, 0.6) is 0 Å². The van der Waals surface area contributed by atoms with E-state index in [4.69, 9.17) is 0 Å². The van der Waals surface area contributed by atoms with Crippen LogP contribution in [0.1, 0.15) is 34.1 Å². The molecule has 4 heteroatoms. The van der Waals surface area contributed by atoms with Gasteiger partial charge in [0.1, 0.15) is 0 Å². The first-order chi connectivity index (χ1) is 11.5. The van der Waals surface area contributed by atoms with Crippen LogP contribution in [0.4, 0.5) is 0 Å². The predicted octanol–water partition coefficient (Wildman–Crippen LogP) is 4.42. The monoisotopic (exact) mass is 320 g/mol. The van der Waals surface area contributed by atoms with Gasteiger partial charge in [0.05, 0.1) is 11.4 Å². The van der Waals surface area contributed by atoms with Crippen molar-refractivity contribution < 1.29 is 9.90 Å². The third-order valence-corrected chi connectivity index (χ3v) is 4.21. The number of hydrogen-bond donors (Lipinski definition) is 1. The number of aryl methyl sites for hydroxylation is 2. The smallest absolute Gasteiger partial charge is 0.356 e. The third-order valence-electron chi connectivity index (χ3n) is 4.21. The van der Waals surface area contributed by atoms with Crippen LogP contribution >= 0.6 is 0 Å². The van der Waals surface area contributed by atoms with E-state index in [1.165, 1.54) is 0 Å². The highest BCUT2D eigenvalue weighted by atomic mass is 16.4. The molecule has 0 spiro atoms. The van der Waals surface area contributed by atoms with Crippen molar-refractivity contribution >= 4 is 5.97 Å². The molecule has 0 unspecified atom stereocenters. The highest BCUT2D eigenvalue weighted by molar-refractivity contribution is 5.90. The number of carboxylic acid groups (broad SMARTS) is 1. The Labute approximate surface area is 141 Å². The van der Waals surface area contributed by atoms with Gasteiger partial charge in [-0.3, -0.25) is 0 Å². The summed E-state index contributed by atoms with van der Waals surface area (Å²) in [6.07, 6.45) is 0.608. The molecule has 1 aromatic heterocycles. The first-order valence-corrected chi connectivity index (χ1v) is 8.01. The van der Waals surface area contributed by atoms with Gasteiger partial charge in [0.25, 0.3) is 0 Å². The topological polar surface area (TPSA) is 55.1 Å². The first kappa shape index (κ1) is 16.0. The predicted molar refractivity (Wildman–Crippen MR) is 94.8 cm³/mol. The Morgan fingerprint density at radius 3 is 2.33 bits per heavy atom. The number of carbonyl (C=O) groups is 1. The largest absolute Gasteiger partial charge is 0.476 e. The SMILES string of the molecule is CCc1c(C(=O)O)nn(-c2ccccc2C)c1-c1ccc(C)cc1. The summed E-state index contributed by atoms with van der Waals surface area (Å²) in [4.78, 5) is 11.7. The summed E-state index contributed by atoms with van der Waals surface area (Å²) in [5.74, 6) is -0.993. The molecule has 0 amide bonds. The lowest BCUT2D eigenvalue weighted by Gasteiger charge is -2.12. The zero-order valence-electron chi connectivity index (χ0n) is 14.1. The summed E-state index contributed by atoms with van der Waals surface area (Å²) in [6.45, 7) is 6.00. The molecule has 0 aliphatic rings. The second kappa shape index (κ2) is 6.32. The maximum Gasteiger partial charge on any atom is 0.356 e. The number of para-hydroxylation sites is 1. The minimum absolute atomic E-state index is 0.122. The van der Waals surface area contributed by atoms with Crippen molar-refractivity contribution in [2.75, 3.05) is 0 Å². The second-order valence-electron chi connectivity index (χ2n) is 5.90. The minimum Gasteiger partial charge on any atom is -0.476 e. The van der Waals surface area contributed by atoms with E-state index in [1.54, 1.807) is 4.68 Å². The quantitative estimate of drug-likeness (QED) is 0.774. The molecule has 0 saturated heterocycles. The Morgan fingerprint density at radius 1 is 1.08 bits per heavy atom. The molecular formula is C20H20N2O2. The molecule has 0 bridgehead atoms. The maximum absolute atomic E-state index is 11.7. The van der Waals surface area contributed by atoms with Gasteiger partial charge >= 0.3 is 5.97 Å². The zero-order chi connectivity index (χ0) is 17.3. The Morgan fingerprint density at radius 2 is 1.75 bits per heavy atom. The average Bonchev–Trinajstić information content (AvgIpc) is 2.95. The normalized spacial score (nSPS) is 10.8. The number of rotatable bonds is 4. The van der Waals surface area contributed by atoms with Crippen LogP contribution in [0.2, 0.25) is 0 Å². The molecule has 0 aliphatic heterocycles. The highest BCUT2D eigenvalue weighted by Crippen LogP contribution is 2.31. The number of nitrogens with zero attached hydrogens (tertiary/aromatic N) is 2. The summed E-state index contributed by atoms with van der Waals surface area (Å²) in [5, 5.41) is 14.0. The number of benzene rings is 2. The molecule has 2 aromatic carbocycles. The molecule has 0 radical (unpaired) electrons. The van der Waals surface area contributed by atoms with Crippen molar-refractivity contribution in [2.45, 2.75) is 27.2 Å². The Balaban J connectivity index is 2.34. The Bertz CT molecular complexity index is 893. The van der Waals surface area contributed by atoms with Gasteiger partial charge in [-0.2, -0.15) is 5.10 Å². The van der Waals surface area contributed by atoms with Crippen molar-refractivity contribution in [2.24, 2.45) is 0 Å². The molecular weight excluding hydrogens is 300 g/mol. The highest BCUT2D eigenvalue weighted by Gasteiger charge is 2.23. The van der Waals surface area contributed by atoms with Crippen LogP contribution < -0.4 is 0 Å². The maximum atomic E-state index is 11.7. The van der Waals surface area contributed by atoms with E-state index in [0.29, 0.717) is 6.42 Å². The summed E-state index contributed by atoms with van der Waals surface area (Å²) >= 11 is 0. The van der Waals surface area contributed by atoms with Crippen LogP contribution in [0.15, 0.2) is 48.5 Å². The molecule has 3 aromatic rings.